The molecule has 1 aliphatic heterocycles. The number of sulfone groups is 1. The highest BCUT2D eigenvalue weighted by Crippen LogP contribution is 2.37. The Bertz CT molecular complexity index is 1140. The molecule has 2 heterocycles. The topological polar surface area (TPSA) is 99.9 Å². The highest BCUT2D eigenvalue weighted by molar-refractivity contribution is 7.91. The number of aromatic nitrogens is 1. The molecule has 0 saturated carbocycles. The smallest absolute Gasteiger partial charge is 0.233 e. The van der Waals surface area contributed by atoms with Gasteiger partial charge in [0.25, 0.3) is 0 Å². The molecule has 0 radical (unpaired) electrons. The molecule has 1 aromatic heterocycles. The molecule has 0 atom stereocenters. The number of methoxy groups -OCH3 is 1. The summed E-state index contributed by atoms with van der Waals surface area (Å²) in [5, 5.41) is 2.61. The van der Waals surface area contributed by atoms with Gasteiger partial charge in [0.1, 0.15) is 19.0 Å². The SMILES string of the molecule is COCCNc1oc(-c2ccc(F)cc2)nc1S(=O)(=O)c1ccc2c(c1)OCCO2. The van der Waals surface area contributed by atoms with E-state index in [1.165, 1.54) is 43.5 Å². The summed E-state index contributed by atoms with van der Waals surface area (Å²) >= 11 is 0. The summed E-state index contributed by atoms with van der Waals surface area (Å²) in [4.78, 5) is 4.18. The molecule has 4 rings (SSSR count). The molecule has 0 bridgehead atoms. The monoisotopic (exact) mass is 434 g/mol. The lowest BCUT2D eigenvalue weighted by Gasteiger charge is -2.18. The Hall–Kier alpha value is -3.11. The molecule has 1 N–H and O–H groups in total. The number of benzene rings is 2. The van der Waals surface area contributed by atoms with Gasteiger partial charge in [-0.15, -0.1) is 0 Å². The Labute approximate surface area is 172 Å². The maximum atomic E-state index is 13.3. The Morgan fingerprint density at radius 3 is 2.57 bits per heavy atom. The molecule has 0 amide bonds. The third kappa shape index (κ3) is 3.96. The van der Waals surface area contributed by atoms with Crippen molar-refractivity contribution < 1.29 is 31.4 Å². The molecule has 2 aromatic carbocycles. The molecular weight excluding hydrogens is 415 g/mol. The van der Waals surface area contributed by atoms with Gasteiger partial charge in [0, 0.05) is 25.3 Å². The van der Waals surface area contributed by atoms with Crippen LogP contribution in [0, 0.1) is 5.82 Å². The minimum atomic E-state index is -4.05. The first kappa shape index (κ1) is 20.2. The second kappa shape index (κ2) is 8.33. The van der Waals surface area contributed by atoms with Crippen LogP contribution in [0.15, 0.2) is 56.8 Å². The second-order valence-corrected chi connectivity index (χ2v) is 8.25. The standard InChI is InChI=1S/C20H19FN2O6S/c1-26-9-8-22-19-20(23-18(29-19)13-2-4-14(21)5-3-13)30(24,25)15-6-7-16-17(12-15)28-11-10-27-16/h2-7,12,22H,8-11H2,1H3. The molecule has 0 fully saturated rings. The third-order valence-corrected chi connectivity index (χ3v) is 6.02. The molecule has 30 heavy (non-hydrogen) atoms. The lowest BCUT2D eigenvalue weighted by molar-refractivity contribution is 0.171. The van der Waals surface area contributed by atoms with Crippen molar-refractivity contribution in [3.63, 3.8) is 0 Å². The number of nitrogens with zero attached hydrogens (tertiary/aromatic N) is 1. The van der Waals surface area contributed by atoms with Gasteiger partial charge in [-0.3, -0.25) is 0 Å². The number of halogens is 1. The van der Waals surface area contributed by atoms with Crippen molar-refractivity contribution in [2.75, 3.05) is 38.8 Å². The first-order chi connectivity index (χ1) is 14.5. The van der Waals surface area contributed by atoms with E-state index in [4.69, 9.17) is 18.6 Å². The molecular formula is C20H19FN2O6S. The Morgan fingerprint density at radius 1 is 1.10 bits per heavy atom. The molecule has 1 aliphatic rings. The normalized spacial score (nSPS) is 13.3. The van der Waals surface area contributed by atoms with Gasteiger partial charge in [-0.2, -0.15) is 4.98 Å². The lowest BCUT2D eigenvalue weighted by Crippen LogP contribution is -2.16. The zero-order valence-corrected chi connectivity index (χ0v) is 16.9. The summed E-state index contributed by atoms with van der Waals surface area (Å²) in [5.41, 5.74) is 0.440. The first-order valence-corrected chi connectivity index (χ1v) is 10.6. The van der Waals surface area contributed by atoms with Crippen LogP contribution in [-0.4, -0.2) is 46.9 Å². The fourth-order valence-corrected chi connectivity index (χ4v) is 4.18. The Kier molecular flexibility index (Phi) is 5.60. The molecule has 0 saturated heterocycles. The van der Waals surface area contributed by atoms with Crippen LogP contribution >= 0.6 is 0 Å². The van der Waals surface area contributed by atoms with E-state index in [-0.39, 0.29) is 21.7 Å². The highest BCUT2D eigenvalue weighted by Gasteiger charge is 2.30. The van der Waals surface area contributed by atoms with Gasteiger partial charge in [0.05, 0.1) is 11.5 Å². The van der Waals surface area contributed by atoms with Crippen molar-refractivity contribution in [3.8, 4) is 23.0 Å². The van der Waals surface area contributed by atoms with E-state index in [1.807, 2.05) is 0 Å². The van der Waals surface area contributed by atoms with Crippen LogP contribution < -0.4 is 14.8 Å². The predicted molar refractivity (Wildman–Crippen MR) is 105 cm³/mol. The van der Waals surface area contributed by atoms with Crippen molar-refractivity contribution in [1.29, 1.82) is 0 Å². The molecule has 0 spiro atoms. The zero-order chi connectivity index (χ0) is 21.1. The van der Waals surface area contributed by atoms with Gasteiger partial charge < -0.3 is 23.9 Å². The Balaban J connectivity index is 1.76. The molecule has 10 heteroatoms. The van der Waals surface area contributed by atoms with Gasteiger partial charge in [-0.05, 0) is 36.4 Å². The average Bonchev–Trinajstić information content (AvgIpc) is 3.19. The number of rotatable bonds is 7. The van der Waals surface area contributed by atoms with Crippen LogP contribution in [0.25, 0.3) is 11.5 Å². The minimum Gasteiger partial charge on any atom is -0.486 e. The van der Waals surface area contributed by atoms with Gasteiger partial charge in [0.15, 0.2) is 11.5 Å². The van der Waals surface area contributed by atoms with Crippen molar-refractivity contribution in [2.45, 2.75) is 9.92 Å². The van der Waals surface area contributed by atoms with E-state index < -0.39 is 15.7 Å². The summed E-state index contributed by atoms with van der Waals surface area (Å²) < 4.78 is 61.5. The molecule has 0 unspecified atom stereocenters. The van der Waals surface area contributed by atoms with E-state index in [2.05, 4.69) is 10.3 Å². The van der Waals surface area contributed by atoms with E-state index >= 15 is 0 Å². The van der Waals surface area contributed by atoms with Crippen LogP contribution in [0.5, 0.6) is 11.5 Å². The Morgan fingerprint density at radius 2 is 1.83 bits per heavy atom. The summed E-state index contributed by atoms with van der Waals surface area (Å²) in [7, 11) is -2.53. The van der Waals surface area contributed by atoms with E-state index in [0.29, 0.717) is 43.4 Å². The van der Waals surface area contributed by atoms with E-state index in [1.54, 1.807) is 6.07 Å². The number of anilines is 1. The van der Waals surface area contributed by atoms with Crippen molar-refractivity contribution in [3.05, 3.63) is 48.3 Å². The fourth-order valence-electron chi connectivity index (χ4n) is 2.89. The first-order valence-electron chi connectivity index (χ1n) is 9.13. The van der Waals surface area contributed by atoms with Crippen LogP contribution in [-0.2, 0) is 14.6 Å². The van der Waals surface area contributed by atoms with Crippen molar-refractivity contribution in [1.82, 2.24) is 4.98 Å². The van der Waals surface area contributed by atoms with Crippen LogP contribution in [0.3, 0.4) is 0 Å². The van der Waals surface area contributed by atoms with E-state index in [9.17, 15) is 12.8 Å². The summed E-state index contributed by atoms with van der Waals surface area (Å²) in [6.45, 7) is 1.37. The lowest BCUT2D eigenvalue weighted by atomic mass is 10.2. The maximum absolute atomic E-state index is 13.3. The zero-order valence-electron chi connectivity index (χ0n) is 16.1. The molecule has 0 aliphatic carbocycles. The third-order valence-electron chi connectivity index (χ3n) is 4.36. The fraction of sp³-hybridized carbons (Fsp3) is 0.250. The summed E-state index contributed by atoms with van der Waals surface area (Å²) in [6, 6.07) is 9.77. The highest BCUT2D eigenvalue weighted by atomic mass is 32.2. The number of hydrogen-bond acceptors (Lipinski definition) is 8. The predicted octanol–water partition coefficient (Wildman–Crippen LogP) is 3.14. The number of oxazole rings is 1. The molecule has 8 nitrogen and oxygen atoms in total. The number of hydrogen-bond donors (Lipinski definition) is 1. The summed E-state index contributed by atoms with van der Waals surface area (Å²) in [6.07, 6.45) is 0. The van der Waals surface area contributed by atoms with Crippen molar-refractivity contribution in [2.24, 2.45) is 0 Å². The van der Waals surface area contributed by atoms with Gasteiger partial charge >= 0.3 is 0 Å². The maximum Gasteiger partial charge on any atom is 0.233 e. The molecule has 3 aromatic rings. The average molecular weight is 434 g/mol. The van der Waals surface area contributed by atoms with Crippen LogP contribution in [0.2, 0.25) is 0 Å². The minimum absolute atomic E-state index is 0.0134. The summed E-state index contributed by atoms with van der Waals surface area (Å²) in [5.74, 6) is 0.421. The van der Waals surface area contributed by atoms with Gasteiger partial charge in [0.2, 0.25) is 26.6 Å². The second-order valence-electron chi connectivity index (χ2n) is 6.39. The number of ether oxygens (including phenoxy) is 3. The quantitative estimate of drug-likeness (QED) is 0.566. The largest absolute Gasteiger partial charge is 0.486 e. The van der Waals surface area contributed by atoms with Crippen LogP contribution in [0.4, 0.5) is 10.3 Å². The number of fused-ring (bicyclic) bond motifs is 1. The van der Waals surface area contributed by atoms with Crippen LogP contribution in [0.1, 0.15) is 0 Å². The van der Waals surface area contributed by atoms with E-state index in [0.717, 1.165) is 0 Å². The van der Waals surface area contributed by atoms with Gasteiger partial charge in [-0.1, -0.05) is 0 Å². The van der Waals surface area contributed by atoms with Gasteiger partial charge in [-0.25, -0.2) is 12.8 Å². The molecule has 158 valence electrons. The number of nitrogens with one attached hydrogen (secondary N) is 1. The van der Waals surface area contributed by atoms with Crippen molar-refractivity contribution >= 4 is 15.7 Å².